The number of thioether (sulfide) groups is 1. The summed E-state index contributed by atoms with van der Waals surface area (Å²) >= 11 is 1.51. The van der Waals surface area contributed by atoms with Crippen LogP contribution in [0.3, 0.4) is 0 Å². The van der Waals surface area contributed by atoms with Crippen molar-refractivity contribution < 1.29 is 31.9 Å². The first kappa shape index (κ1) is 29.4. The third-order valence-corrected chi connectivity index (χ3v) is 7.04. The van der Waals surface area contributed by atoms with E-state index in [1.54, 1.807) is 25.1 Å². The van der Waals surface area contributed by atoms with Crippen molar-refractivity contribution in [1.29, 1.82) is 0 Å². The molecular weight excluding hydrogens is 517 g/mol. The van der Waals surface area contributed by atoms with E-state index in [0.717, 1.165) is 24.2 Å². The van der Waals surface area contributed by atoms with Crippen molar-refractivity contribution in [1.82, 2.24) is 0 Å². The summed E-state index contributed by atoms with van der Waals surface area (Å²) in [6.45, 7) is 9.39. The minimum Gasteiger partial charge on any atom is -0.462 e. The van der Waals surface area contributed by atoms with Gasteiger partial charge in [-0.25, -0.2) is 9.59 Å². The Balaban J connectivity index is 1.83. The fourth-order valence-electron chi connectivity index (χ4n) is 3.73. The maximum Gasteiger partial charge on any atom is 0.573 e. The van der Waals surface area contributed by atoms with E-state index in [9.17, 15) is 22.8 Å². The molecule has 204 valence electrons. The Kier molecular flexibility index (Phi) is 10.1. The Hall–Kier alpha value is -3.20. The Labute approximate surface area is 224 Å². The van der Waals surface area contributed by atoms with Crippen molar-refractivity contribution in [2.24, 2.45) is 5.92 Å². The van der Waals surface area contributed by atoms with Crippen molar-refractivity contribution in [2.75, 3.05) is 12.4 Å². The normalized spacial score (nSPS) is 12.4. The van der Waals surface area contributed by atoms with Crippen LogP contribution in [0.4, 0.5) is 13.2 Å². The lowest BCUT2D eigenvalue weighted by Crippen LogP contribution is -2.18. The molecule has 5 nitrogen and oxygen atoms in total. The van der Waals surface area contributed by atoms with E-state index in [4.69, 9.17) is 9.15 Å². The number of carbonyl (C=O) groups is 1. The molecule has 0 saturated carbocycles. The molecule has 2 aromatic carbocycles. The van der Waals surface area contributed by atoms with Gasteiger partial charge in [-0.2, -0.15) is 0 Å². The van der Waals surface area contributed by atoms with Gasteiger partial charge in [-0.05, 0) is 55.5 Å². The van der Waals surface area contributed by atoms with Gasteiger partial charge in [0.25, 0.3) is 0 Å². The van der Waals surface area contributed by atoms with Crippen LogP contribution in [-0.4, -0.2) is 24.7 Å². The van der Waals surface area contributed by atoms with Gasteiger partial charge in [0.1, 0.15) is 11.3 Å². The number of hydrogen-bond donors (Lipinski definition) is 0. The second-order valence-electron chi connectivity index (χ2n) is 9.28. The van der Waals surface area contributed by atoms with Gasteiger partial charge in [0.15, 0.2) is 0 Å². The number of halogens is 3. The molecule has 38 heavy (non-hydrogen) atoms. The summed E-state index contributed by atoms with van der Waals surface area (Å²) in [4.78, 5) is 25.3. The molecule has 3 aromatic rings. The van der Waals surface area contributed by atoms with Gasteiger partial charge < -0.3 is 13.9 Å². The Morgan fingerprint density at radius 2 is 1.87 bits per heavy atom. The van der Waals surface area contributed by atoms with Crippen LogP contribution in [0.15, 0.2) is 68.7 Å². The number of unbranched alkanes of at least 4 members (excludes halogenated alkanes) is 2. The maximum atomic E-state index is 13.2. The zero-order valence-corrected chi connectivity index (χ0v) is 22.5. The van der Waals surface area contributed by atoms with Gasteiger partial charge in [0, 0.05) is 27.2 Å². The maximum absolute atomic E-state index is 13.2. The highest BCUT2D eigenvalue weighted by Gasteiger charge is 2.33. The van der Waals surface area contributed by atoms with Gasteiger partial charge in [0.05, 0.1) is 12.2 Å². The van der Waals surface area contributed by atoms with Gasteiger partial charge in [0.2, 0.25) is 0 Å². The summed E-state index contributed by atoms with van der Waals surface area (Å²) in [6.07, 6.45) is -1.48. The van der Waals surface area contributed by atoms with Crippen molar-refractivity contribution in [3.05, 3.63) is 70.6 Å². The average molecular weight is 549 g/mol. The number of esters is 1. The summed E-state index contributed by atoms with van der Waals surface area (Å²) in [7, 11) is 0. The molecule has 0 N–H and O–H groups in total. The van der Waals surface area contributed by atoms with Gasteiger partial charge >= 0.3 is 18.0 Å². The van der Waals surface area contributed by atoms with Crippen LogP contribution in [0.1, 0.15) is 45.6 Å². The fourth-order valence-corrected chi connectivity index (χ4v) is 4.66. The minimum atomic E-state index is -4.90. The highest BCUT2D eigenvalue weighted by molar-refractivity contribution is 7.99. The summed E-state index contributed by atoms with van der Waals surface area (Å²) in [5.74, 6) is -0.128. The molecule has 0 aliphatic rings. The number of carbonyl (C=O) groups excluding carboxylic acids is 1. The number of benzene rings is 2. The van der Waals surface area contributed by atoms with Crippen molar-refractivity contribution >= 4 is 28.7 Å². The largest absolute Gasteiger partial charge is 0.573 e. The monoisotopic (exact) mass is 548 g/mol. The van der Waals surface area contributed by atoms with Crippen LogP contribution in [0.5, 0.6) is 5.75 Å². The highest BCUT2D eigenvalue weighted by atomic mass is 32.2. The van der Waals surface area contributed by atoms with Crippen LogP contribution >= 0.6 is 11.8 Å². The molecule has 0 aliphatic carbocycles. The molecule has 0 aliphatic heterocycles. The highest BCUT2D eigenvalue weighted by Crippen LogP contribution is 2.35. The zero-order valence-electron chi connectivity index (χ0n) is 21.7. The third-order valence-electron chi connectivity index (χ3n) is 5.72. The van der Waals surface area contributed by atoms with E-state index in [1.165, 1.54) is 30.0 Å². The smallest absolute Gasteiger partial charge is 0.462 e. The van der Waals surface area contributed by atoms with Crippen molar-refractivity contribution in [3.63, 3.8) is 0 Å². The molecule has 1 heterocycles. The van der Waals surface area contributed by atoms with Crippen LogP contribution in [0.25, 0.3) is 22.1 Å². The number of fused-ring (bicyclic) bond motifs is 1. The molecule has 1 unspecified atom stereocenters. The van der Waals surface area contributed by atoms with Crippen LogP contribution in [-0.2, 0) is 16.0 Å². The van der Waals surface area contributed by atoms with E-state index in [-0.39, 0.29) is 23.7 Å². The molecule has 0 radical (unpaired) electrons. The quantitative estimate of drug-likeness (QED) is 0.0753. The molecule has 3 rings (SSSR count). The summed E-state index contributed by atoms with van der Waals surface area (Å²) in [5.41, 5.74) is 0.620. The molecule has 0 bridgehead atoms. The number of rotatable bonds is 12. The molecule has 0 fully saturated rings. The standard InChI is InChI=1S/C29H31F3O5S/c1-5-6-7-8-20-9-12-23(26(13-20)37-29(30,31)32)24-14-21-10-11-22(15-25(21)36-28(24)34)38-17-19(4)16-35-27(33)18(2)3/h9-15,19H,2,5-8,16-17H2,1,3-4H3. The first-order valence-electron chi connectivity index (χ1n) is 12.4. The topological polar surface area (TPSA) is 65.7 Å². The number of aryl methyl sites for hydroxylation is 1. The average Bonchev–Trinajstić information content (AvgIpc) is 2.85. The Morgan fingerprint density at radius 3 is 2.55 bits per heavy atom. The minimum absolute atomic E-state index is 0.00906. The van der Waals surface area contributed by atoms with E-state index < -0.39 is 23.7 Å². The summed E-state index contributed by atoms with van der Waals surface area (Å²) < 4.78 is 54.5. The van der Waals surface area contributed by atoms with Gasteiger partial charge in [-0.1, -0.05) is 51.5 Å². The second kappa shape index (κ2) is 13.0. The molecule has 1 aromatic heterocycles. The van der Waals surface area contributed by atoms with E-state index in [1.807, 2.05) is 19.9 Å². The van der Waals surface area contributed by atoms with Crippen molar-refractivity contribution in [3.8, 4) is 16.9 Å². The zero-order chi connectivity index (χ0) is 27.9. The van der Waals surface area contributed by atoms with E-state index in [0.29, 0.717) is 34.3 Å². The van der Waals surface area contributed by atoms with Crippen LogP contribution in [0, 0.1) is 5.92 Å². The number of hydrogen-bond acceptors (Lipinski definition) is 6. The lowest BCUT2D eigenvalue weighted by Gasteiger charge is -2.15. The Morgan fingerprint density at radius 1 is 1.11 bits per heavy atom. The lowest BCUT2D eigenvalue weighted by atomic mass is 10.00. The molecule has 0 saturated heterocycles. The van der Waals surface area contributed by atoms with Crippen LogP contribution in [0.2, 0.25) is 0 Å². The summed E-state index contributed by atoms with van der Waals surface area (Å²) in [6, 6.07) is 11.4. The summed E-state index contributed by atoms with van der Waals surface area (Å²) in [5, 5.41) is 0.567. The molecule has 0 spiro atoms. The van der Waals surface area contributed by atoms with Crippen molar-refractivity contribution in [2.45, 2.75) is 57.7 Å². The predicted molar refractivity (Wildman–Crippen MR) is 143 cm³/mol. The molecule has 0 amide bonds. The lowest BCUT2D eigenvalue weighted by molar-refractivity contribution is -0.274. The SMILES string of the molecule is C=C(C)C(=O)OCC(C)CSc1ccc2cc(-c3ccc(CCCCC)cc3OC(F)(F)F)c(=O)oc2c1. The number of alkyl halides is 3. The molecule has 9 heteroatoms. The fraction of sp³-hybridized carbons (Fsp3) is 0.379. The first-order valence-corrected chi connectivity index (χ1v) is 13.4. The third kappa shape index (κ3) is 8.41. The predicted octanol–water partition coefficient (Wildman–Crippen LogP) is 7.94. The van der Waals surface area contributed by atoms with E-state index >= 15 is 0 Å². The molecule has 1 atom stereocenters. The van der Waals surface area contributed by atoms with Gasteiger partial charge in [-0.3, -0.25) is 0 Å². The Bertz CT molecular complexity index is 1350. The first-order chi connectivity index (χ1) is 18.0. The van der Waals surface area contributed by atoms with Crippen LogP contribution < -0.4 is 10.4 Å². The van der Waals surface area contributed by atoms with Gasteiger partial charge in [-0.15, -0.1) is 24.9 Å². The van der Waals surface area contributed by atoms with E-state index in [2.05, 4.69) is 11.3 Å². The molecular formula is C29H31F3O5S. The second-order valence-corrected chi connectivity index (χ2v) is 10.4. The number of ether oxygens (including phenoxy) is 2.